The van der Waals surface area contributed by atoms with Crippen LogP contribution < -0.4 is 0 Å². The Bertz CT molecular complexity index is 351. The van der Waals surface area contributed by atoms with Crippen molar-refractivity contribution in [3.05, 3.63) is 24.3 Å². The summed E-state index contributed by atoms with van der Waals surface area (Å²) in [6.45, 7) is 9.11. The fourth-order valence-corrected chi connectivity index (χ4v) is 2.10. The standard InChI is InChI=1S/C21H38O3/c1-5-6-7-8-9-10-11-12-13-14-15-16-17-18-23-20(22)24-19-21(2,3)4/h6-7,9-10H,5,8,11-19H2,1-4H3/b7-6-,10-9-. The van der Waals surface area contributed by atoms with E-state index in [2.05, 4.69) is 31.2 Å². The van der Waals surface area contributed by atoms with E-state index in [1.807, 2.05) is 20.8 Å². The molecule has 3 heteroatoms. The Hall–Kier alpha value is -1.25. The summed E-state index contributed by atoms with van der Waals surface area (Å²) in [5.41, 5.74) is -0.0135. The molecular formula is C21H38O3. The van der Waals surface area contributed by atoms with E-state index in [4.69, 9.17) is 9.47 Å². The van der Waals surface area contributed by atoms with E-state index in [1.54, 1.807) is 0 Å². The zero-order valence-electron chi connectivity index (χ0n) is 16.3. The van der Waals surface area contributed by atoms with Crippen molar-refractivity contribution >= 4 is 6.16 Å². The molecule has 0 aliphatic heterocycles. The molecule has 0 fully saturated rings. The molecule has 0 radical (unpaired) electrons. The van der Waals surface area contributed by atoms with Crippen LogP contribution in [0.25, 0.3) is 0 Å². The quantitative estimate of drug-likeness (QED) is 0.210. The molecule has 140 valence electrons. The third-order valence-corrected chi connectivity index (χ3v) is 3.45. The highest BCUT2D eigenvalue weighted by atomic mass is 16.7. The molecule has 0 aliphatic carbocycles. The van der Waals surface area contributed by atoms with Crippen molar-refractivity contribution in [1.82, 2.24) is 0 Å². The Morgan fingerprint density at radius 2 is 1.46 bits per heavy atom. The van der Waals surface area contributed by atoms with Crippen LogP contribution in [0, 0.1) is 5.41 Å². The summed E-state index contributed by atoms with van der Waals surface area (Å²) < 4.78 is 10.1. The van der Waals surface area contributed by atoms with Crippen molar-refractivity contribution in [3.8, 4) is 0 Å². The van der Waals surface area contributed by atoms with Crippen molar-refractivity contribution < 1.29 is 14.3 Å². The fourth-order valence-electron chi connectivity index (χ4n) is 2.10. The topological polar surface area (TPSA) is 35.5 Å². The summed E-state index contributed by atoms with van der Waals surface area (Å²) in [5.74, 6) is 0. The molecule has 24 heavy (non-hydrogen) atoms. The molecule has 0 bridgehead atoms. The van der Waals surface area contributed by atoms with Gasteiger partial charge in [-0.1, -0.05) is 77.7 Å². The van der Waals surface area contributed by atoms with Crippen LogP contribution in [0.2, 0.25) is 0 Å². The maximum absolute atomic E-state index is 11.4. The minimum atomic E-state index is -0.537. The molecular weight excluding hydrogens is 300 g/mol. The van der Waals surface area contributed by atoms with Crippen molar-refractivity contribution in [2.75, 3.05) is 13.2 Å². The Labute approximate surface area is 149 Å². The largest absolute Gasteiger partial charge is 0.508 e. The smallest absolute Gasteiger partial charge is 0.434 e. The molecule has 0 aromatic carbocycles. The van der Waals surface area contributed by atoms with Gasteiger partial charge < -0.3 is 9.47 Å². The van der Waals surface area contributed by atoms with Gasteiger partial charge in [0.2, 0.25) is 0 Å². The number of carbonyl (C=O) groups is 1. The van der Waals surface area contributed by atoms with E-state index in [-0.39, 0.29) is 5.41 Å². The van der Waals surface area contributed by atoms with E-state index in [1.165, 1.54) is 32.1 Å². The van der Waals surface area contributed by atoms with E-state index in [9.17, 15) is 4.79 Å². The average molecular weight is 339 g/mol. The summed E-state index contributed by atoms with van der Waals surface area (Å²) in [6, 6.07) is 0. The van der Waals surface area contributed by atoms with Crippen molar-refractivity contribution in [1.29, 1.82) is 0 Å². The lowest BCUT2D eigenvalue weighted by molar-refractivity contribution is 0.0323. The minimum absolute atomic E-state index is 0.0135. The summed E-state index contributed by atoms with van der Waals surface area (Å²) in [6.07, 6.45) is 18.9. The van der Waals surface area contributed by atoms with Gasteiger partial charge in [-0.25, -0.2) is 4.79 Å². The molecule has 0 aromatic rings. The summed E-state index contributed by atoms with van der Waals surface area (Å²) in [7, 11) is 0. The predicted octanol–water partition coefficient (Wildman–Crippen LogP) is 6.83. The second-order valence-corrected chi connectivity index (χ2v) is 7.44. The molecule has 0 aromatic heterocycles. The normalized spacial score (nSPS) is 12.2. The van der Waals surface area contributed by atoms with E-state index in [0.717, 1.165) is 25.7 Å². The zero-order valence-corrected chi connectivity index (χ0v) is 16.3. The van der Waals surface area contributed by atoms with Crippen LogP contribution >= 0.6 is 0 Å². The molecule has 0 spiro atoms. The zero-order chi connectivity index (χ0) is 18.1. The van der Waals surface area contributed by atoms with Gasteiger partial charge in [-0.15, -0.1) is 0 Å². The van der Waals surface area contributed by atoms with Crippen LogP contribution in [-0.4, -0.2) is 19.4 Å². The Morgan fingerprint density at radius 3 is 2.12 bits per heavy atom. The van der Waals surface area contributed by atoms with Crippen molar-refractivity contribution in [2.45, 2.75) is 85.5 Å². The highest BCUT2D eigenvalue weighted by Crippen LogP contribution is 2.13. The minimum Gasteiger partial charge on any atom is -0.434 e. The van der Waals surface area contributed by atoms with Gasteiger partial charge in [0.25, 0.3) is 0 Å². The fraction of sp³-hybridized carbons (Fsp3) is 0.762. The van der Waals surface area contributed by atoms with Crippen molar-refractivity contribution in [2.24, 2.45) is 5.41 Å². The molecule has 0 N–H and O–H groups in total. The molecule has 0 heterocycles. The molecule has 3 nitrogen and oxygen atoms in total. The van der Waals surface area contributed by atoms with Gasteiger partial charge in [0.15, 0.2) is 0 Å². The highest BCUT2D eigenvalue weighted by Gasteiger charge is 2.14. The van der Waals surface area contributed by atoms with Gasteiger partial charge in [-0.05, 0) is 37.5 Å². The van der Waals surface area contributed by atoms with E-state index >= 15 is 0 Å². The lowest BCUT2D eigenvalue weighted by Gasteiger charge is -2.17. The average Bonchev–Trinajstić information content (AvgIpc) is 2.52. The molecule has 0 saturated carbocycles. The van der Waals surface area contributed by atoms with Gasteiger partial charge in [-0.3, -0.25) is 0 Å². The first-order valence-electron chi connectivity index (χ1n) is 9.55. The number of hydrogen-bond donors (Lipinski definition) is 0. The van der Waals surface area contributed by atoms with Crippen LogP contribution in [0.1, 0.15) is 85.5 Å². The second-order valence-electron chi connectivity index (χ2n) is 7.44. The number of allylic oxidation sites excluding steroid dienone is 4. The van der Waals surface area contributed by atoms with Gasteiger partial charge in [0.05, 0.1) is 13.2 Å². The van der Waals surface area contributed by atoms with Gasteiger partial charge in [0.1, 0.15) is 0 Å². The van der Waals surface area contributed by atoms with Gasteiger partial charge in [0, 0.05) is 0 Å². The van der Waals surface area contributed by atoms with Gasteiger partial charge >= 0.3 is 6.16 Å². The summed E-state index contributed by atoms with van der Waals surface area (Å²) >= 11 is 0. The Morgan fingerprint density at radius 1 is 0.833 bits per heavy atom. The Balaban J connectivity index is 3.28. The third-order valence-electron chi connectivity index (χ3n) is 3.45. The van der Waals surface area contributed by atoms with Crippen molar-refractivity contribution in [3.63, 3.8) is 0 Å². The molecule has 0 amide bonds. The monoisotopic (exact) mass is 338 g/mol. The van der Waals surface area contributed by atoms with Crippen LogP contribution in [0.3, 0.4) is 0 Å². The summed E-state index contributed by atoms with van der Waals surface area (Å²) in [5, 5.41) is 0. The maximum atomic E-state index is 11.4. The summed E-state index contributed by atoms with van der Waals surface area (Å²) in [4.78, 5) is 11.4. The van der Waals surface area contributed by atoms with Crippen LogP contribution in [0.5, 0.6) is 0 Å². The number of ether oxygens (including phenoxy) is 2. The number of hydrogen-bond acceptors (Lipinski definition) is 3. The lowest BCUT2D eigenvalue weighted by Crippen LogP contribution is -2.19. The number of unbranched alkanes of at least 4 members (excludes halogenated alkanes) is 6. The first kappa shape index (κ1) is 22.8. The van der Waals surface area contributed by atoms with Crippen LogP contribution in [0.15, 0.2) is 24.3 Å². The highest BCUT2D eigenvalue weighted by molar-refractivity contribution is 5.59. The SMILES string of the molecule is CC/C=C\C/C=C\CCCCCCCCOC(=O)OCC(C)(C)C. The number of rotatable bonds is 13. The second kappa shape index (κ2) is 15.3. The first-order chi connectivity index (χ1) is 11.5. The van der Waals surface area contributed by atoms with E-state index < -0.39 is 6.16 Å². The maximum Gasteiger partial charge on any atom is 0.508 e. The Kier molecular flexibility index (Phi) is 14.5. The molecule has 0 rings (SSSR count). The molecule has 0 saturated heterocycles. The molecule has 0 aliphatic rings. The van der Waals surface area contributed by atoms with Crippen LogP contribution in [-0.2, 0) is 9.47 Å². The molecule has 0 unspecified atom stereocenters. The molecule has 0 atom stereocenters. The van der Waals surface area contributed by atoms with Crippen LogP contribution in [0.4, 0.5) is 4.79 Å². The number of carbonyl (C=O) groups excluding carboxylic acids is 1. The van der Waals surface area contributed by atoms with E-state index in [0.29, 0.717) is 13.2 Å². The lowest BCUT2D eigenvalue weighted by atomic mass is 9.99. The first-order valence-corrected chi connectivity index (χ1v) is 9.55. The van der Waals surface area contributed by atoms with Gasteiger partial charge in [-0.2, -0.15) is 0 Å². The predicted molar refractivity (Wildman–Crippen MR) is 102 cm³/mol. The third kappa shape index (κ3) is 18.8.